The van der Waals surface area contributed by atoms with Crippen LogP contribution >= 0.6 is 22.9 Å². The van der Waals surface area contributed by atoms with E-state index in [0.717, 1.165) is 10.2 Å². The largest absolute Gasteiger partial charge is 0.319 e. The molecule has 3 aromatic rings. The highest BCUT2D eigenvalue weighted by atomic mass is 35.5. The lowest BCUT2D eigenvalue weighted by Gasteiger charge is -2.21. The third kappa shape index (κ3) is 3.41. The SMILES string of the molecule is Cn1c(=NC(=O)C2CCCN2S(=O)(=O)c2ccc(Cl)cc2)sc2ccccc21. The average Bonchev–Trinajstić information content (AvgIpc) is 3.29. The smallest absolute Gasteiger partial charge is 0.266 e. The predicted molar refractivity (Wildman–Crippen MR) is 110 cm³/mol. The fourth-order valence-electron chi connectivity index (χ4n) is 3.37. The van der Waals surface area contributed by atoms with Gasteiger partial charge in [-0.2, -0.15) is 9.30 Å². The maximum atomic E-state index is 13.0. The maximum absolute atomic E-state index is 13.0. The molecule has 146 valence electrons. The van der Waals surface area contributed by atoms with E-state index in [1.54, 1.807) is 0 Å². The lowest BCUT2D eigenvalue weighted by molar-refractivity contribution is -0.121. The molecule has 2 aromatic carbocycles. The van der Waals surface area contributed by atoms with Crippen LogP contribution in [0, 0.1) is 0 Å². The molecule has 0 spiro atoms. The molecule has 0 radical (unpaired) electrons. The zero-order chi connectivity index (χ0) is 19.9. The van der Waals surface area contributed by atoms with Crippen molar-refractivity contribution >= 4 is 49.1 Å². The predicted octanol–water partition coefficient (Wildman–Crippen LogP) is 3.17. The molecule has 1 aliphatic rings. The van der Waals surface area contributed by atoms with Gasteiger partial charge in [-0.1, -0.05) is 35.1 Å². The lowest BCUT2D eigenvalue weighted by atomic mass is 10.2. The minimum Gasteiger partial charge on any atom is -0.319 e. The van der Waals surface area contributed by atoms with E-state index < -0.39 is 22.0 Å². The molecule has 1 fully saturated rings. The Bertz CT molecular complexity index is 1210. The number of nitrogens with zero attached hydrogens (tertiary/aromatic N) is 3. The maximum Gasteiger partial charge on any atom is 0.266 e. The number of para-hydroxylation sites is 1. The van der Waals surface area contributed by atoms with Crippen molar-refractivity contribution in [2.24, 2.45) is 12.0 Å². The number of fused-ring (bicyclic) bond motifs is 1. The van der Waals surface area contributed by atoms with Gasteiger partial charge in [0.05, 0.1) is 15.1 Å². The van der Waals surface area contributed by atoms with Crippen molar-refractivity contribution in [3.63, 3.8) is 0 Å². The van der Waals surface area contributed by atoms with Gasteiger partial charge in [-0.25, -0.2) is 8.42 Å². The van der Waals surface area contributed by atoms with E-state index in [2.05, 4.69) is 4.99 Å². The molecule has 0 aliphatic carbocycles. The van der Waals surface area contributed by atoms with E-state index >= 15 is 0 Å². The van der Waals surface area contributed by atoms with Gasteiger partial charge in [0, 0.05) is 18.6 Å². The number of carbonyl (C=O) groups is 1. The van der Waals surface area contributed by atoms with Gasteiger partial charge in [0.1, 0.15) is 6.04 Å². The molecule has 1 amide bonds. The molecule has 1 atom stereocenters. The van der Waals surface area contributed by atoms with Crippen molar-refractivity contribution in [3.05, 3.63) is 58.4 Å². The molecule has 2 heterocycles. The average molecular weight is 436 g/mol. The standard InChI is InChI=1S/C19H18ClN3O3S2/c1-22-15-5-2-3-7-17(15)27-19(22)21-18(24)16-6-4-12-23(16)28(25,26)14-10-8-13(20)9-11-14/h2-3,5,7-11,16H,4,6,12H2,1H3. The van der Waals surface area contributed by atoms with Gasteiger partial charge in [-0.15, -0.1) is 0 Å². The first-order chi connectivity index (χ1) is 13.4. The summed E-state index contributed by atoms with van der Waals surface area (Å²) in [4.78, 5) is 17.8. The summed E-state index contributed by atoms with van der Waals surface area (Å²) in [5, 5.41) is 0.459. The van der Waals surface area contributed by atoms with Gasteiger partial charge >= 0.3 is 0 Å². The highest BCUT2D eigenvalue weighted by Gasteiger charge is 2.39. The third-order valence-corrected chi connectivity index (χ3v) is 8.12. The molecule has 0 saturated carbocycles. The number of aryl methyl sites for hydroxylation is 1. The molecule has 4 rings (SSSR count). The lowest BCUT2D eigenvalue weighted by Crippen LogP contribution is -2.40. The van der Waals surface area contributed by atoms with Crippen LogP contribution in [0.3, 0.4) is 0 Å². The fourth-order valence-corrected chi connectivity index (χ4v) is 6.17. The summed E-state index contributed by atoms with van der Waals surface area (Å²) in [5.41, 5.74) is 0.983. The first-order valence-electron chi connectivity index (χ1n) is 8.78. The molecular weight excluding hydrogens is 418 g/mol. The Kier molecular flexibility index (Phi) is 5.13. The van der Waals surface area contributed by atoms with Crippen LogP contribution in [0.15, 0.2) is 58.4 Å². The summed E-state index contributed by atoms with van der Waals surface area (Å²) in [5.74, 6) is -0.433. The third-order valence-electron chi connectivity index (χ3n) is 4.83. The van der Waals surface area contributed by atoms with E-state index in [1.807, 2.05) is 35.9 Å². The van der Waals surface area contributed by atoms with Crippen molar-refractivity contribution in [1.29, 1.82) is 0 Å². The Balaban J connectivity index is 1.68. The number of rotatable bonds is 3. The summed E-state index contributed by atoms with van der Waals surface area (Å²) in [6.07, 6.45) is 1.08. The number of sulfonamides is 1. The second kappa shape index (κ2) is 7.44. The Morgan fingerprint density at radius 2 is 1.89 bits per heavy atom. The molecule has 1 aromatic heterocycles. The molecule has 1 unspecified atom stereocenters. The number of hydrogen-bond donors (Lipinski definition) is 0. The second-order valence-corrected chi connectivity index (χ2v) is 9.93. The first-order valence-corrected chi connectivity index (χ1v) is 11.4. The molecule has 6 nitrogen and oxygen atoms in total. The molecular formula is C19H18ClN3O3S2. The quantitative estimate of drug-likeness (QED) is 0.634. The number of carbonyl (C=O) groups excluding carboxylic acids is 1. The van der Waals surface area contributed by atoms with Crippen LogP contribution in [0.5, 0.6) is 0 Å². The van der Waals surface area contributed by atoms with E-state index in [4.69, 9.17) is 11.6 Å². The van der Waals surface area contributed by atoms with E-state index in [9.17, 15) is 13.2 Å². The van der Waals surface area contributed by atoms with Gasteiger partial charge < -0.3 is 4.57 Å². The van der Waals surface area contributed by atoms with E-state index in [0.29, 0.717) is 29.2 Å². The summed E-state index contributed by atoms with van der Waals surface area (Å²) in [7, 11) is -1.94. The van der Waals surface area contributed by atoms with Crippen LogP contribution in [0.25, 0.3) is 10.2 Å². The molecule has 1 aliphatic heterocycles. The minimum atomic E-state index is -3.79. The zero-order valence-corrected chi connectivity index (χ0v) is 17.5. The summed E-state index contributed by atoms with van der Waals surface area (Å²) in [6, 6.07) is 13.0. The van der Waals surface area contributed by atoms with Crippen molar-refractivity contribution < 1.29 is 13.2 Å². The van der Waals surface area contributed by atoms with Crippen molar-refractivity contribution in [1.82, 2.24) is 8.87 Å². The minimum absolute atomic E-state index is 0.129. The van der Waals surface area contributed by atoms with Crippen LogP contribution in [0.2, 0.25) is 5.02 Å². The zero-order valence-electron chi connectivity index (χ0n) is 15.1. The molecule has 9 heteroatoms. The number of amides is 1. The Morgan fingerprint density at radius 1 is 1.18 bits per heavy atom. The normalized spacial score (nSPS) is 18.8. The molecule has 0 bridgehead atoms. The van der Waals surface area contributed by atoms with Gasteiger partial charge in [0.25, 0.3) is 5.91 Å². The molecule has 28 heavy (non-hydrogen) atoms. The number of benzene rings is 2. The summed E-state index contributed by atoms with van der Waals surface area (Å²) in [6.45, 7) is 0.301. The Labute approximate surface area is 171 Å². The number of hydrogen-bond acceptors (Lipinski definition) is 4. The van der Waals surface area contributed by atoms with E-state index in [-0.39, 0.29) is 4.90 Å². The van der Waals surface area contributed by atoms with Gasteiger partial charge in [-0.3, -0.25) is 4.79 Å². The number of halogens is 1. The van der Waals surface area contributed by atoms with Crippen LogP contribution in [-0.2, 0) is 21.9 Å². The van der Waals surface area contributed by atoms with Gasteiger partial charge in [-0.05, 0) is 49.2 Å². The first kappa shape index (κ1) is 19.3. The highest BCUT2D eigenvalue weighted by molar-refractivity contribution is 7.89. The monoisotopic (exact) mass is 435 g/mol. The fraction of sp³-hybridized carbons (Fsp3) is 0.263. The van der Waals surface area contributed by atoms with Crippen LogP contribution in [0.4, 0.5) is 0 Å². The van der Waals surface area contributed by atoms with Crippen molar-refractivity contribution in [3.8, 4) is 0 Å². The van der Waals surface area contributed by atoms with Gasteiger partial charge in [0.15, 0.2) is 4.80 Å². The molecule has 0 N–H and O–H groups in total. The highest BCUT2D eigenvalue weighted by Crippen LogP contribution is 2.27. The second-order valence-electron chi connectivity index (χ2n) is 6.59. The van der Waals surface area contributed by atoms with Crippen LogP contribution < -0.4 is 4.80 Å². The number of thiazole rings is 1. The Morgan fingerprint density at radius 3 is 2.61 bits per heavy atom. The summed E-state index contributed by atoms with van der Waals surface area (Å²) >= 11 is 7.27. The van der Waals surface area contributed by atoms with Crippen LogP contribution in [0.1, 0.15) is 12.8 Å². The molecule has 1 saturated heterocycles. The number of aromatic nitrogens is 1. The van der Waals surface area contributed by atoms with Gasteiger partial charge in [0.2, 0.25) is 10.0 Å². The summed E-state index contributed by atoms with van der Waals surface area (Å²) < 4.78 is 30.1. The topological polar surface area (TPSA) is 71.7 Å². The van der Waals surface area contributed by atoms with Crippen LogP contribution in [-0.4, -0.2) is 35.8 Å². The Hall–Kier alpha value is -2.00. The van der Waals surface area contributed by atoms with Crippen molar-refractivity contribution in [2.45, 2.75) is 23.8 Å². The van der Waals surface area contributed by atoms with E-state index in [1.165, 1.54) is 39.9 Å². The van der Waals surface area contributed by atoms with Crippen molar-refractivity contribution in [2.75, 3.05) is 6.54 Å².